The lowest BCUT2D eigenvalue weighted by atomic mass is 9.78. The lowest BCUT2D eigenvalue weighted by Gasteiger charge is -2.54. The van der Waals surface area contributed by atoms with Gasteiger partial charge in [-0.1, -0.05) is 38.2 Å². The molecule has 154 valence electrons. The summed E-state index contributed by atoms with van der Waals surface area (Å²) in [6, 6.07) is 4.24. The number of sulfonamides is 1. The van der Waals surface area contributed by atoms with E-state index in [1.165, 1.54) is 16.4 Å². The number of aryl methyl sites for hydroxylation is 1. The summed E-state index contributed by atoms with van der Waals surface area (Å²) >= 11 is 0. The largest absolute Gasteiger partial charge is 0.332 e. The van der Waals surface area contributed by atoms with Gasteiger partial charge in [-0.25, -0.2) is 12.8 Å². The van der Waals surface area contributed by atoms with Crippen LogP contribution in [-0.2, 0) is 14.8 Å². The third kappa shape index (κ3) is 3.36. The highest BCUT2D eigenvalue weighted by Gasteiger charge is 2.51. The molecule has 0 bridgehead atoms. The van der Waals surface area contributed by atoms with Gasteiger partial charge in [-0.3, -0.25) is 4.79 Å². The van der Waals surface area contributed by atoms with E-state index in [4.69, 9.17) is 0 Å². The number of carbonyl (C=O) groups excluding carboxylic acids is 1. The predicted molar refractivity (Wildman–Crippen MR) is 105 cm³/mol. The third-order valence-corrected chi connectivity index (χ3v) is 8.60. The van der Waals surface area contributed by atoms with Crippen LogP contribution in [0.25, 0.3) is 0 Å². The summed E-state index contributed by atoms with van der Waals surface area (Å²) in [5, 5.41) is 0. The van der Waals surface area contributed by atoms with Crippen LogP contribution >= 0.6 is 0 Å². The smallest absolute Gasteiger partial charge is 0.243 e. The van der Waals surface area contributed by atoms with Gasteiger partial charge in [-0.2, -0.15) is 4.31 Å². The van der Waals surface area contributed by atoms with Gasteiger partial charge in [0.25, 0.3) is 0 Å². The standard InChI is InChI=1S/C21H29FN2O3S/c1-16-9-10-18(13-19(16)22)28(26,27)23-14-20(25)24(17-7-3-4-8-17)21(15-23)11-5-2-6-12-21/h9-10,13,17H,2-8,11-12,14-15H2,1H3. The minimum Gasteiger partial charge on any atom is -0.332 e. The quantitative estimate of drug-likeness (QED) is 0.768. The normalized spacial score (nSPS) is 24.2. The van der Waals surface area contributed by atoms with Crippen LogP contribution in [0, 0.1) is 12.7 Å². The molecule has 2 saturated carbocycles. The van der Waals surface area contributed by atoms with Crippen molar-refractivity contribution in [3.63, 3.8) is 0 Å². The topological polar surface area (TPSA) is 57.7 Å². The van der Waals surface area contributed by atoms with Gasteiger partial charge in [0.2, 0.25) is 15.9 Å². The molecule has 0 atom stereocenters. The lowest BCUT2D eigenvalue weighted by Crippen LogP contribution is -2.68. The van der Waals surface area contributed by atoms with Gasteiger partial charge < -0.3 is 4.90 Å². The molecule has 3 aliphatic rings. The van der Waals surface area contributed by atoms with Gasteiger partial charge in [-0.15, -0.1) is 0 Å². The molecule has 1 aromatic rings. The molecule has 1 aromatic carbocycles. The number of halogens is 1. The first kappa shape index (κ1) is 19.8. The number of nitrogens with zero attached hydrogens (tertiary/aromatic N) is 2. The molecule has 1 spiro atoms. The van der Waals surface area contributed by atoms with Crippen LogP contribution in [0.4, 0.5) is 4.39 Å². The number of amides is 1. The van der Waals surface area contributed by atoms with Crippen LogP contribution in [0.1, 0.15) is 63.4 Å². The fraction of sp³-hybridized carbons (Fsp3) is 0.667. The van der Waals surface area contributed by atoms with Crippen molar-refractivity contribution in [3.8, 4) is 0 Å². The molecule has 1 heterocycles. The van der Waals surface area contributed by atoms with Crippen molar-refractivity contribution in [2.45, 2.75) is 81.2 Å². The molecule has 3 fully saturated rings. The minimum absolute atomic E-state index is 0.0660. The minimum atomic E-state index is -3.91. The SMILES string of the molecule is Cc1ccc(S(=O)(=O)N2CC(=O)N(C3CCCC3)C3(CCCCC3)C2)cc1F. The summed E-state index contributed by atoms with van der Waals surface area (Å²) < 4.78 is 41.8. The van der Waals surface area contributed by atoms with E-state index in [1.807, 2.05) is 0 Å². The van der Waals surface area contributed by atoms with E-state index in [2.05, 4.69) is 4.90 Å². The second-order valence-corrected chi connectivity index (χ2v) is 10.6. The maximum absolute atomic E-state index is 14.0. The number of carbonyl (C=O) groups is 1. The highest BCUT2D eigenvalue weighted by Crippen LogP contribution is 2.42. The highest BCUT2D eigenvalue weighted by molar-refractivity contribution is 7.89. The van der Waals surface area contributed by atoms with E-state index in [1.54, 1.807) is 6.92 Å². The number of piperazine rings is 1. The van der Waals surface area contributed by atoms with Crippen LogP contribution in [0.3, 0.4) is 0 Å². The summed E-state index contributed by atoms with van der Waals surface area (Å²) in [5.74, 6) is -0.624. The van der Waals surface area contributed by atoms with Crippen molar-refractivity contribution in [1.29, 1.82) is 0 Å². The van der Waals surface area contributed by atoms with E-state index in [-0.39, 0.29) is 23.4 Å². The summed E-state index contributed by atoms with van der Waals surface area (Å²) in [5.41, 5.74) is 0.00338. The van der Waals surface area contributed by atoms with Crippen molar-refractivity contribution >= 4 is 15.9 Å². The van der Waals surface area contributed by atoms with E-state index >= 15 is 0 Å². The Morgan fingerprint density at radius 1 is 1.07 bits per heavy atom. The fourth-order valence-corrected chi connectivity index (χ4v) is 6.85. The van der Waals surface area contributed by atoms with Crippen molar-refractivity contribution in [2.24, 2.45) is 0 Å². The molecule has 2 aliphatic carbocycles. The van der Waals surface area contributed by atoms with Crippen LogP contribution < -0.4 is 0 Å². The zero-order valence-electron chi connectivity index (χ0n) is 16.5. The molecule has 4 rings (SSSR count). The Hall–Kier alpha value is -1.47. The Kier molecular flexibility index (Phi) is 5.25. The first-order chi connectivity index (χ1) is 13.3. The molecule has 1 aliphatic heterocycles. The molecule has 7 heteroatoms. The van der Waals surface area contributed by atoms with Gasteiger partial charge in [0.1, 0.15) is 5.82 Å². The van der Waals surface area contributed by atoms with Crippen LogP contribution in [0.5, 0.6) is 0 Å². The maximum Gasteiger partial charge on any atom is 0.243 e. The van der Waals surface area contributed by atoms with Crippen LogP contribution in [0.2, 0.25) is 0 Å². The molecular formula is C21H29FN2O3S. The van der Waals surface area contributed by atoms with Crippen LogP contribution in [0.15, 0.2) is 23.1 Å². The third-order valence-electron chi connectivity index (χ3n) is 6.82. The molecule has 5 nitrogen and oxygen atoms in total. The Morgan fingerprint density at radius 3 is 2.39 bits per heavy atom. The Balaban J connectivity index is 1.68. The molecule has 0 aromatic heterocycles. The molecule has 0 radical (unpaired) electrons. The van der Waals surface area contributed by atoms with E-state index in [9.17, 15) is 17.6 Å². The first-order valence-electron chi connectivity index (χ1n) is 10.4. The van der Waals surface area contributed by atoms with Crippen molar-refractivity contribution < 1.29 is 17.6 Å². The molecular weight excluding hydrogens is 379 g/mol. The summed E-state index contributed by atoms with van der Waals surface area (Å²) in [4.78, 5) is 15.2. The second kappa shape index (κ2) is 7.41. The summed E-state index contributed by atoms with van der Waals surface area (Å²) in [7, 11) is -3.91. The molecule has 1 saturated heterocycles. The van der Waals surface area contributed by atoms with Crippen LogP contribution in [-0.4, -0.2) is 48.2 Å². The molecule has 0 N–H and O–H groups in total. The Morgan fingerprint density at radius 2 is 1.75 bits per heavy atom. The highest BCUT2D eigenvalue weighted by atomic mass is 32.2. The average molecular weight is 409 g/mol. The molecule has 1 amide bonds. The van der Waals surface area contributed by atoms with E-state index < -0.39 is 21.4 Å². The Bertz CT molecular complexity index is 858. The van der Waals surface area contributed by atoms with Gasteiger partial charge in [0.05, 0.1) is 17.0 Å². The lowest BCUT2D eigenvalue weighted by molar-refractivity contribution is -0.150. The number of rotatable bonds is 3. The van der Waals surface area contributed by atoms with Gasteiger partial charge in [0, 0.05) is 12.6 Å². The van der Waals surface area contributed by atoms with Gasteiger partial charge in [0.15, 0.2) is 0 Å². The van der Waals surface area contributed by atoms with Crippen molar-refractivity contribution in [3.05, 3.63) is 29.6 Å². The predicted octanol–water partition coefficient (Wildman–Crippen LogP) is 3.61. The first-order valence-corrected chi connectivity index (χ1v) is 11.9. The summed E-state index contributed by atoms with van der Waals surface area (Å²) in [6.45, 7) is 1.79. The second-order valence-electron chi connectivity index (χ2n) is 8.67. The molecule has 28 heavy (non-hydrogen) atoms. The van der Waals surface area contributed by atoms with Crippen molar-refractivity contribution in [2.75, 3.05) is 13.1 Å². The van der Waals surface area contributed by atoms with Gasteiger partial charge in [-0.05, 0) is 50.3 Å². The van der Waals surface area contributed by atoms with Crippen molar-refractivity contribution in [1.82, 2.24) is 9.21 Å². The van der Waals surface area contributed by atoms with E-state index in [0.29, 0.717) is 12.1 Å². The zero-order chi connectivity index (χ0) is 19.9. The zero-order valence-corrected chi connectivity index (χ0v) is 17.3. The molecule has 0 unspecified atom stereocenters. The average Bonchev–Trinajstić information content (AvgIpc) is 3.18. The number of benzene rings is 1. The van der Waals surface area contributed by atoms with E-state index in [0.717, 1.165) is 63.9 Å². The summed E-state index contributed by atoms with van der Waals surface area (Å²) in [6.07, 6.45) is 9.17. The Labute approximate surface area is 166 Å². The maximum atomic E-state index is 14.0. The number of hydrogen-bond donors (Lipinski definition) is 0. The fourth-order valence-electron chi connectivity index (χ4n) is 5.37. The monoisotopic (exact) mass is 408 g/mol. The number of hydrogen-bond acceptors (Lipinski definition) is 3. The van der Waals surface area contributed by atoms with Gasteiger partial charge >= 0.3 is 0 Å².